The molecule has 4 rings (SSSR count). The van der Waals surface area contributed by atoms with Crippen LogP contribution in [0, 0.1) is 0 Å². The first kappa shape index (κ1) is 24.0. The maximum absolute atomic E-state index is 13.2. The van der Waals surface area contributed by atoms with Gasteiger partial charge in [-0.05, 0) is 48.7 Å². The number of benzene rings is 2. The Morgan fingerprint density at radius 1 is 1.15 bits per heavy atom. The average molecular weight is 486 g/mol. The van der Waals surface area contributed by atoms with Gasteiger partial charge >= 0.3 is 0 Å². The molecule has 8 nitrogen and oxygen atoms in total. The molecule has 2 heterocycles. The summed E-state index contributed by atoms with van der Waals surface area (Å²) in [5.74, 6) is -0.0579. The molecule has 180 valence electrons. The van der Waals surface area contributed by atoms with Gasteiger partial charge in [-0.25, -0.2) is 0 Å². The molecule has 0 aromatic heterocycles. The van der Waals surface area contributed by atoms with E-state index >= 15 is 0 Å². The largest absolute Gasteiger partial charge is 0.490 e. The third-order valence-electron chi connectivity index (χ3n) is 6.15. The minimum absolute atomic E-state index is 0.0922. The van der Waals surface area contributed by atoms with Gasteiger partial charge in [0.05, 0.1) is 24.1 Å². The number of halogens is 1. The van der Waals surface area contributed by atoms with Gasteiger partial charge in [-0.3, -0.25) is 14.4 Å². The van der Waals surface area contributed by atoms with Gasteiger partial charge < -0.3 is 25.0 Å². The Morgan fingerprint density at radius 3 is 2.65 bits per heavy atom. The summed E-state index contributed by atoms with van der Waals surface area (Å²) in [6.07, 6.45) is 1.00. The van der Waals surface area contributed by atoms with Crippen molar-refractivity contribution in [3.63, 3.8) is 0 Å². The first-order chi connectivity index (χ1) is 16.3. The average Bonchev–Trinajstić information content (AvgIpc) is 2.81. The first-order valence-electron chi connectivity index (χ1n) is 11.3. The molecular formula is C25H28ClN3O5. The number of anilines is 1. The minimum atomic E-state index is -0.347. The number of rotatable bonds is 5. The summed E-state index contributed by atoms with van der Waals surface area (Å²) < 4.78 is 12.2. The highest BCUT2D eigenvalue weighted by atomic mass is 35.5. The summed E-state index contributed by atoms with van der Waals surface area (Å²) in [7, 11) is 1.75. The number of fused-ring (bicyclic) bond motifs is 2. The van der Waals surface area contributed by atoms with Crippen molar-refractivity contribution in [3.8, 4) is 5.75 Å². The van der Waals surface area contributed by atoms with Crippen molar-refractivity contribution in [2.24, 2.45) is 0 Å². The highest BCUT2D eigenvalue weighted by Gasteiger charge is 2.39. The Labute approximate surface area is 203 Å². The molecule has 1 saturated heterocycles. The zero-order chi connectivity index (χ0) is 24.2. The summed E-state index contributed by atoms with van der Waals surface area (Å²) in [6, 6.07) is 12.2. The van der Waals surface area contributed by atoms with Crippen LogP contribution < -0.4 is 15.4 Å². The number of hydrogen-bond acceptors (Lipinski definition) is 5. The quantitative estimate of drug-likeness (QED) is 0.676. The number of nitrogens with one attached hydrogen (secondary N) is 2. The number of hydrogen-bond donors (Lipinski definition) is 2. The molecule has 0 unspecified atom stereocenters. The van der Waals surface area contributed by atoms with Crippen LogP contribution in [-0.2, 0) is 20.9 Å². The second kappa shape index (κ2) is 10.4. The van der Waals surface area contributed by atoms with E-state index in [2.05, 4.69) is 10.6 Å². The van der Waals surface area contributed by atoms with Crippen molar-refractivity contribution in [2.75, 3.05) is 19.0 Å². The summed E-state index contributed by atoms with van der Waals surface area (Å²) in [4.78, 5) is 38.7. The fourth-order valence-electron chi connectivity index (χ4n) is 4.39. The Bertz CT molecular complexity index is 1070. The minimum Gasteiger partial charge on any atom is -0.490 e. The third-order valence-corrected chi connectivity index (χ3v) is 6.40. The molecule has 0 saturated carbocycles. The number of amides is 3. The van der Waals surface area contributed by atoms with Crippen LogP contribution in [0.4, 0.5) is 5.69 Å². The van der Waals surface area contributed by atoms with E-state index in [4.69, 9.17) is 21.1 Å². The molecule has 3 atom stereocenters. The Hall–Kier alpha value is -3.10. The van der Waals surface area contributed by atoms with Gasteiger partial charge in [0.1, 0.15) is 18.5 Å². The predicted molar refractivity (Wildman–Crippen MR) is 128 cm³/mol. The fraction of sp³-hybridized carbons (Fsp3) is 0.400. The molecule has 9 heteroatoms. The van der Waals surface area contributed by atoms with E-state index < -0.39 is 0 Å². The van der Waals surface area contributed by atoms with Crippen LogP contribution in [0.15, 0.2) is 42.5 Å². The number of likely N-dealkylation sites (N-methyl/N-ethyl adjacent to an activating group) is 1. The SMILES string of the molecule is CC(=O)Nc1ccc2c(c1)C(=O)N(C)[C@H]1CC[C@@H](CC(=O)NCc3ccc(Cl)cc3)O[C@@H]1CO2. The van der Waals surface area contributed by atoms with E-state index in [-0.39, 0.29) is 49.0 Å². The molecule has 2 aromatic carbocycles. The molecule has 1 fully saturated rings. The number of carbonyl (C=O) groups is 3. The van der Waals surface area contributed by atoms with Gasteiger partial charge in [-0.2, -0.15) is 0 Å². The molecule has 0 bridgehead atoms. The van der Waals surface area contributed by atoms with Gasteiger partial charge in [-0.1, -0.05) is 23.7 Å². The lowest BCUT2D eigenvalue weighted by Crippen LogP contribution is -2.53. The normalized spacial score (nSPS) is 21.9. The van der Waals surface area contributed by atoms with Gasteiger partial charge in [0.25, 0.3) is 5.91 Å². The zero-order valence-corrected chi connectivity index (χ0v) is 19.9. The lowest BCUT2D eigenvalue weighted by atomic mass is 9.94. The summed E-state index contributed by atoms with van der Waals surface area (Å²) in [5.41, 5.74) is 1.91. The highest BCUT2D eigenvalue weighted by Crippen LogP contribution is 2.32. The van der Waals surface area contributed by atoms with Crippen LogP contribution in [0.25, 0.3) is 0 Å². The molecule has 2 N–H and O–H groups in total. The molecule has 2 aliphatic rings. The molecule has 34 heavy (non-hydrogen) atoms. The smallest absolute Gasteiger partial charge is 0.257 e. The van der Waals surface area contributed by atoms with Crippen molar-refractivity contribution in [1.29, 1.82) is 0 Å². The van der Waals surface area contributed by atoms with Crippen LogP contribution >= 0.6 is 11.6 Å². The van der Waals surface area contributed by atoms with E-state index in [0.29, 0.717) is 41.4 Å². The van der Waals surface area contributed by atoms with Crippen molar-refractivity contribution >= 4 is 35.0 Å². The summed E-state index contributed by atoms with van der Waals surface area (Å²) in [5, 5.41) is 6.27. The van der Waals surface area contributed by atoms with Crippen molar-refractivity contribution in [3.05, 3.63) is 58.6 Å². The first-order valence-corrected chi connectivity index (χ1v) is 11.7. The Morgan fingerprint density at radius 2 is 1.91 bits per heavy atom. The van der Waals surface area contributed by atoms with Crippen LogP contribution in [0.2, 0.25) is 5.02 Å². The number of carbonyl (C=O) groups excluding carboxylic acids is 3. The lowest BCUT2D eigenvalue weighted by molar-refractivity contribution is -0.134. The van der Waals surface area contributed by atoms with Gasteiger partial charge in [0.2, 0.25) is 11.8 Å². The number of nitrogens with zero attached hydrogens (tertiary/aromatic N) is 1. The van der Waals surface area contributed by atoms with Gasteiger partial charge in [0.15, 0.2) is 0 Å². The molecule has 0 spiro atoms. The van der Waals surface area contributed by atoms with Crippen molar-refractivity contribution in [1.82, 2.24) is 10.2 Å². The molecule has 0 aliphatic carbocycles. The van der Waals surface area contributed by atoms with E-state index in [1.165, 1.54) is 6.92 Å². The zero-order valence-electron chi connectivity index (χ0n) is 19.2. The molecular weight excluding hydrogens is 458 g/mol. The molecule has 2 aliphatic heterocycles. The lowest BCUT2D eigenvalue weighted by Gasteiger charge is -2.42. The standard InChI is InChI=1S/C25H28ClN3O5/c1-15(30)28-18-7-10-22-20(11-18)25(32)29(2)21-9-8-19(34-23(21)14-33-22)12-24(31)27-13-16-3-5-17(26)6-4-16/h3-7,10-11,19,21,23H,8-9,12-14H2,1-2H3,(H,27,31)(H,28,30)/t19-,21-,23+/m0/s1. The second-order valence-corrected chi connectivity index (χ2v) is 9.10. The summed E-state index contributed by atoms with van der Waals surface area (Å²) >= 11 is 5.90. The van der Waals surface area contributed by atoms with Crippen LogP contribution in [0.3, 0.4) is 0 Å². The van der Waals surface area contributed by atoms with Gasteiger partial charge in [0, 0.05) is 31.2 Å². The van der Waals surface area contributed by atoms with E-state index in [9.17, 15) is 14.4 Å². The van der Waals surface area contributed by atoms with Gasteiger partial charge in [-0.15, -0.1) is 0 Å². The molecule has 0 radical (unpaired) electrons. The van der Waals surface area contributed by atoms with Crippen LogP contribution in [0.1, 0.15) is 42.1 Å². The fourth-order valence-corrected chi connectivity index (χ4v) is 4.52. The van der Waals surface area contributed by atoms with E-state index in [0.717, 1.165) is 5.56 Å². The van der Waals surface area contributed by atoms with Crippen LogP contribution in [0.5, 0.6) is 5.75 Å². The second-order valence-electron chi connectivity index (χ2n) is 8.67. The van der Waals surface area contributed by atoms with E-state index in [1.807, 2.05) is 12.1 Å². The number of ether oxygens (including phenoxy) is 2. The summed E-state index contributed by atoms with van der Waals surface area (Å²) in [6.45, 7) is 2.10. The predicted octanol–water partition coefficient (Wildman–Crippen LogP) is 3.39. The Balaban J connectivity index is 1.38. The maximum Gasteiger partial charge on any atom is 0.257 e. The van der Waals surface area contributed by atoms with E-state index in [1.54, 1.807) is 42.3 Å². The topological polar surface area (TPSA) is 97.0 Å². The highest BCUT2D eigenvalue weighted by molar-refractivity contribution is 6.30. The monoisotopic (exact) mass is 485 g/mol. The Kier molecular flexibility index (Phi) is 7.38. The van der Waals surface area contributed by atoms with Crippen LogP contribution in [-0.4, -0.2) is 54.5 Å². The third kappa shape index (κ3) is 5.69. The maximum atomic E-state index is 13.2. The van der Waals surface area contributed by atoms with Crippen molar-refractivity contribution in [2.45, 2.75) is 51.0 Å². The van der Waals surface area contributed by atoms with Crippen molar-refractivity contribution < 1.29 is 23.9 Å². The molecule has 2 aromatic rings. The molecule has 3 amide bonds.